The Morgan fingerprint density at radius 2 is 1.31 bits per heavy atom. The van der Waals surface area contributed by atoms with Gasteiger partial charge in [0, 0.05) is 25.0 Å². The van der Waals surface area contributed by atoms with Crippen LogP contribution in [0.15, 0.2) is 90.2 Å². The monoisotopic (exact) mass is 824 g/mol. The van der Waals surface area contributed by atoms with E-state index >= 15 is 0 Å². The van der Waals surface area contributed by atoms with E-state index in [0.717, 1.165) is 23.9 Å². The lowest BCUT2D eigenvalue weighted by Crippen LogP contribution is -2.45. The molecule has 6 atom stereocenters. The molecule has 4 amide bonds. The molecular formula is C35H26I2N2O6. The zero-order valence-corrected chi connectivity index (χ0v) is 28.0. The fourth-order valence-electron chi connectivity index (χ4n) is 8.10. The fourth-order valence-corrected chi connectivity index (χ4v) is 8.82. The van der Waals surface area contributed by atoms with Crippen molar-refractivity contribution in [2.75, 3.05) is 9.80 Å². The number of phenolic OH excluding ortho intramolecular Hbond substituents is 1. The van der Waals surface area contributed by atoms with Gasteiger partial charge in [-0.1, -0.05) is 11.6 Å². The van der Waals surface area contributed by atoms with E-state index < -0.39 is 29.6 Å². The minimum Gasteiger partial charge on any atom is -0.508 e. The van der Waals surface area contributed by atoms with E-state index in [0.29, 0.717) is 36.4 Å². The van der Waals surface area contributed by atoms with Crippen LogP contribution in [-0.2, 0) is 25.6 Å². The summed E-state index contributed by atoms with van der Waals surface area (Å²) < 4.78 is 8.01. The number of imide groups is 2. The normalized spacial score (nSPS) is 28.6. The summed E-state index contributed by atoms with van der Waals surface area (Å²) in [6, 6.07) is 19.6. The predicted octanol–water partition coefficient (Wildman–Crippen LogP) is 6.00. The highest BCUT2D eigenvalue weighted by molar-refractivity contribution is 14.1. The number of nitrogens with zero attached hydrogens (tertiary/aromatic N) is 2. The molecule has 3 fully saturated rings. The molecule has 1 N–H and O–H groups in total. The molecule has 3 aromatic rings. The molecular weight excluding hydrogens is 798 g/mol. The second-order valence-electron chi connectivity index (χ2n) is 12.3. The van der Waals surface area contributed by atoms with E-state index in [4.69, 9.17) is 4.74 Å². The van der Waals surface area contributed by atoms with E-state index in [1.807, 2.05) is 30.3 Å². The molecule has 0 bridgehead atoms. The molecule has 0 radical (unpaired) electrons. The van der Waals surface area contributed by atoms with Crippen LogP contribution >= 0.6 is 45.2 Å². The number of anilines is 2. The Balaban J connectivity index is 1.22. The van der Waals surface area contributed by atoms with Crippen LogP contribution < -0.4 is 14.5 Å². The third kappa shape index (κ3) is 4.49. The van der Waals surface area contributed by atoms with Crippen molar-refractivity contribution >= 4 is 80.2 Å². The Morgan fingerprint density at radius 3 is 1.96 bits per heavy atom. The number of allylic oxidation sites excluding steroid dienone is 3. The van der Waals surface area contributed by atoms with Crippen molar-refractivity contribution in [1.29, 1.82) is 0 Å². The maximum Gasteiger partial charge on any atom is 0.238 e. The van der Waals surface area contributed by atoms with Gasteiger partial charge in [-0.15, -0.1) is 0 Å². The molecule has 45 heavy (non-hydrogen) atoms. The summed E-state index contributed by atoms with van der Waals surface area (Å²) in [7, 11) is 0. The molecule has 8 rings (SSSR count). The van der Waals surface area contributed by atoms with Crippen LogP contribution in [0.4, 0.5) is 11.4 Å². The molecule has 3 aliphatic heterocycles. The first-order valence-electron chi connectivity index (χ1n) is 14.9. The van der Waals surface area contributed by atoms with Gasteiger partial charge in [-0.25, -0.2) is 0 Å². The van der Waals surface area contributed by atoms with Gasteiger partial charge in [-0.2, -0.15) is 0 Å². The summed E-state index contributed by atoms with van der Waals surface area (Å²) in [5.74, 6) is -3.67. The van der Waals surface area contributed by atoms with Gasteiger partial charge in [0.1, 0.15) is 11.5 Å². The largest absolute Gasteiger partial charge is 0.508 e. The number of rotatable bonds is 3. The molecule has 3 aromatic carbocycles. The summed E-state index contributed by atoms with van der Waals surface area (Å²) in [5, 5.41) is 10.2. The molecule has 2 aliphatic carbocycles. The quantitative estimate of drug-likeness (QED) is 0.198. The number of amides is 4. The van der Waals surface area contributed by atoms with E-state index in [1.165, 1.54) is 9.80 Å². The second-order valence-corrected chi connectivity index (χ2v) is 14.8. The number of hydrogen-bond acceptors (Lipinski definition) is 6. The Labute approximate surface area is 286 Å². The van der Waals surface area contributed by atoms with Gasteiger partial charge in [0.2, 0.25) is 23.6 Å². The van der Waals surface area contributed by atoms with E-state index in [-0.39, 0.29) is 35.3 Å². The topological polar surface area (TPSA) is 104 Å². The third-order valence-electron chi connectivity index (χ3n) is 9.99. The Morgan fingerprint density at radius 1 is 0.711 bits per heavy atom. The average Bonchev–Trinajstić information content (AvgIpc) is 3.44. The van der Waals surface area contributed by atoms with Crippen LogP contribution in [0.25, 0.3) is 0 Å². The van der Waals surface area contributed by atoms with E-state index in [9.17, 15) is 24.3 Å². The predicted molar refractivity (Wildman–Crippen MR) is 182 cm³/mol. The summed E-state index contributed by atoms with van der Waals surface area (Å²) >= 11 is 4.37. The van der Waals surface area contributed by atoms with Gasteiger partial charge >= 0.3 is 0 Å². The van der Waals surface area contributed by atoms with Gasteiger partial charge in [-0.05, 0) is 136 Å². The van der Waals surface area contributed by atoms with Crippen LogP contribution in [0, 0.1) is 42.6 Å². The lowest BCUT2D eigenvalue weighted by atomic mass is 9.56. The lowest BCUT2D eigenvalue weighted by molar-refractivity contribution is -0.126. The van der Waals surface area contributed by atoms with Crippen LogP contribution in [0.3, 0.4) is 0 Å². The van der Waals surface area contributed by atoms with Crippen molar-refractivity contribution < 1.29 is 29.0 Å². The molecule has 0 aromatic heterocycles. The zero-order valence-electron chi connectivity index (χ0n) is 23.7. The highest BCUT2D eigenvalue weighted by Gasteiger charge is 2.62. The maximum absolute atomic E-state index is 14.3. The van der Waals surface area contributed by atoms with Crippen LogP contribution in [-0.4, -0.2) is 28.7 Å². The average molecular weight is 824 g/mol. The van der Waals surface area contributed by atoms with Gasteiger partial charge in [0.15, 0.2) is 0 Å². The number of fused-ring (bicyclic) bond motifs is 5. The summed E-state index contributed by atoms with van der Waals surface area (Å²) in [6.45, 7) is 0. The van der Waals surface area contributed by atoms with E-state index in [2.05, 4.69) is 45.2 Å². The lowest BCUT2D eigenvalue weighted by Gasteiger charge is -2.45. The molecule has 0 unspecified atom stereocenters. The molecule has 226 valence electrons. The summed E-state index contributed by atoms with van der Waals surface area (Å²) in [4.78, 5) is 59.0. The van der Waals surface area contributed by atoms with Crippen molar-refractivity contribution in [3.63, 3.8) is 0 Å². The number of hydrogen-bond donors (Lipinski definition) is 1. The Hall–Kier alpha value is -3.52. The molecule has 2 saturated heterocycles. The minimum atomic E-state index is -0.677. The highest BCUT2D eigenvalue weighted by Crippen LogP contribution is 2.58. The van der Waals surface area contributed by atoms with Crippen LogP contribution in [0.2, 0.25) is 0 Å². The third-order valence-corrected chi connectivity index (χ3v) is 11.4. The fraction of sp³-hybridized carbons (Fsp3) is 0.257. The maximum atomic E-state index is 14.3. The number of ether oxygens (including phenoxy) is 1. The van der Waals surface area contributed by atoms with E-state index in [1.54, 1.807) is 48.7 Å². The van der Waals surface area contributed by atoms with Crippen LogP contribution in [0.1, 0.15) is 18.4 Å². The molecule has 1 saturated carbocycles. The van der Waals surface area contributed by atoms with Gasteiger partial charge in [0.25, 0.3) is 0 Å². The minimum absolute atomic E-state index is 0.112. The Bertz CT molecular complexity index is 1870. The van der Waals surface area contributed by atoms with Crippen LogP contribution in [0.5, 0.6) is 11.5 Å². The highest BCUT2D eigenvalue weighted by atomic mass is 127. The summed E-state index contributed by atoms with van der Waals surface area (Å²) in [5.41, 5.74) is 3.59. The SMILES string of the molecule is O=C1[C@H]2[C@H](CC=C3[C@H](C4=COc5ccc(O)cc5C4)[C@@H]4C(=O)N(c5ccc(I)cc5)C(=O)[C@@H]4C[C@H]32)C(=O)N1c1ccc(I)cc1. The van der Waals surface area contributed by atoms with Crippen molar-refractivity contribution in [2.24, 2.45) is 35.5 Å². The van der Waals surface area contributed by atoms with Crippen molar-refractivity contribution in [3.05, 3.63) is 103 Å². The number of carbonyl (C=O) groups is 4. The van der Waals surface area contributed by atoms with Crippen molar-refractivity contribution in [2.45, 2.75) is 19.3 Å². The van der Waals surface area contributed by atoms with Crippen molar-refractivity contribution in [3.8, 4) is 11.5 Å². The molecule has 0 spiro atoms. The molecule has 8 nitrogen and oxygen atoms in total. The standard InChI is InChI=1S/C35H26I2N2O6/c36-19-1-5-21(6-2-19)38-32(41)25-11-10-24-26(30(25)34(38)43)15-27-31(35(44)39(33(27)42)22-7-3-20(37)4-8-22)29(24)18-13-17-14-23(40)9-12-28(17)45-16-18/h1-10,12,14,16,25-27,29-31,40H,11,13,15H2/t25-,26+,27+,29-,30-,31+/m0/s1. The van der Waals surface area contributed by atoms with Gasteiger partial charge in [-0.3, -0.25) is 29.0 Å². The first-order chi connectivity index (χ1) is 21.7. The Kier molecular flexibility index (Phi) is 6.93. The number of halogens is 2. The zero-order chi connectivity index (χ0) is 31.1. The summed E-state index contributed by atoms with van der Waals surface area (Å²) in [6.07, 6.45) is 4.82. The number of benzene rings is 3. The molecule has 10 heteroatoms. The van der Waals surface area contributed by atoms with Gasteiger partial charge < -0.3 is 9.84 Å². The smallest absolute Gasteiger partial charge is 0.238 e. The molecule has 3 heterocycles. The first-order valence-corrected chi connectivity index (χ1v) is 17.0. The number of carbonyl (C=O) groups excluding carboxylic acids is 4. The number of aromatic hydroxyl groups is 1. The van der Waals surface area contributed by atoms with Crippen molar-refractivity contribution in [1.82, 2.24) is 0 Å². The second kappa shape index (κ2) is 10.8. The molecule has 5 aliphatic rings. The number of phenols is 1. The van der Waals surface area contributed by atoms with Gasteiger partial charge in [0.05, 0.1) is 41.3 Å². The first kappa shape index (κ1) is 28.9.